The van der Waals surface area contributed by atoms with Gasteiger partial charge >= 0.3 is 0 Å². The van der Waals surface area contributed by atoms with Gasteiger partial charge in [-0.1, -0.05) is 0 Å². The van der Waals surface area contributed by atoms with Gasteiger partial charge in [0.05, 0.1) is 11.4 Å². The Morgan fingerprint density at radius 3 is 2.67 bits per heavy atom. The summed E-state index contributed by atoms with van der Waals surface area (Å²) >= 11 is 1.30. The lowest BCUT2D eigenvalue weighted by Gasteiger charge is -2.02. The van der Waals surface area contributed by atoms with Gasteiger partial charge in [-0.25, -0.2) is 4.98 Å². The molecule has 0 spiro atoms. The highest BCUT2D eigenvalue weighted by Gasteiger charge is 2.12. The Morgan fingerprint density at radius 1 is 1.27 bits per heavy atom. The summed E-state index contributed by atoms with van der Waals surface area (Å²) in [6.07, 6.45) is 1.60. The fourth-order valence-electron chi connectivity index (χ4n) is 1.18. The number of aromatic nitrogens is 1. The number of hydrogen-bond acceptors (Lipinski definition) is 5. The second kappa shape index (κ2) is 3.70. The van der Waals surface area contributed by atoms with Gasteiger partial charge in [0, 0.05) is 17.1 Å². The van der Waals surface area contributed by atoms with Gasteiger partial charge in [0.25, 0.3) is 0 Å². The van der Waals surface area contributed by atoms with Crippen molar-refractivity contribution in [3.63, 3.8) is 0 Å². The summed E-state index contributed by atoms with van der Waals surface area (Å²) in [5.41, 5.74) is 12.6. The van der Waals surface area contributed by atoms with Crippen LogP contribution in [0.5, 0.6) is 0 Å². The number of ketones is 1. The molecule has 0 aliphatic carbocycles. The lowest BCUT2D eigenvalue weighted by atomic mass is 10.1. The highest BCUT2D eigenvalue weighted by molar-refractivity contribution is 7.11. The molecule has 2 aromatic rings. The Kier molecular flexibility index (Phi) is 2.39. The molecule has 1 aromatic carbocycles. The number of hydrogen-bond donors (Lipinski definition) is 2. The monoisotopic (exact) mass is 219 g/mol. The van der Waals surface area contributed by atoms with Crippen LogP contribution in [0.3, 0.4) is 0 Å². The number of nitrogens with two attached hydrogens (primary N) is 2. The highest BCUT2D eigenvalue weighted by Crippen LogP contribution is 2.19. The van der Waals surface area contributed by atoms with Crippen molar-refractivity contribution >= 4 is 28.5 Å². The Labute approximate surface area is 90.6 Å². The number of anilines is 2. The molecule has 76 valence electrons. The van der Waals surface area contributed by atoms with Crippen LogP contribution >= 0.6 is 11.3 Å². The molecule has 0 unspecified atom stereocenters. The number of nitrogen functional groups attached to an aromatic ring is 2. The summed E-state index contributed by atoms with van der Waals surface area (Å²) in [5, 5.41) is 2.22. The van der Waals surface area contributed by atoms with Gasteiger partial charge in [-0.3, -0.25) is 4.79 Å². The van der Waals surface area contributed by atoms with Gasteiger partial charge in [-0.2, -0.15) is 0 Å². The van der Waals surface area contributed by atoms with Crippen LogP contribution in [0.2, 0.25) is 0 Å². The van der Waals surface area contributed by atoms with Gasteiger partial charge in [-0.15, -0.1) is 11.3 Å². The summed E-state index contributed by atoms with van der Waals surface area (Å²) in [6, 6.07) is 4.84. The molecule has 4 N–H and O–H groups in total. The maximum Gasteiger partial charge on any atom is 0.221 e. The molecule has 2 rings (SSSR count). The number of benzene rings is 1. The molecular weight excluding hydrogens is 210 g/mol. The second-order valence-corrected chi connectivity index (χ2v) is 3.90. The van der Waals surface area contributed by atoms with Crippen LogP contribution in [0.25, 0.3) is 0 Å². The SMILES string of the molecule is Nc1ccc(C(=O)c2nccs2)cc1N. The van der Waals surface area contributed by atoms with E-state index >= 15 is 0 Å². The van der Waals surface area contributed by atoms with Crippen LogP contribution < -0.4 is 11.5 Å². The first-order valence-corrected chi connectivity index (χ1v) is 5.15. The van der Waals surface area contributed by atoms with Gasteiger partial charge in [0.2, 0.25) is 5.78 Å². The van der Waals surface area contributed by atoms with E-state index in [9.17, 15) is 4.79 Å². The summed E-state index contributed by atoms with van der Waals surface area (Å²) in [6.45, 7) is 0. The van der Waals surface area contributed by atoms with Crippen LogP contribution in [-0.2, 0) is 0 Å². The maximum atomic E-state index is 11.8. The van der Waals surface area contributed by atoms with Crippen molar-refractivity contribution in [1.29, 1.82) is 0 Å². The van der Waals surface area contributed by atoms with Gasteiger partial charge in [0.1, 0.15) is 0 Å². The minimum atomic E-state index is -0.128. The molecule has 0 saturated carbocycles. The first-order valence-electron chi connectivity index (χ1n) is 4.27. The first-order chi connectivity index (χ1) is 7.18. The standard InChI is InChI=1S/C10H9N3OS/c11-7-2-1-6(5-8(7)12)9(14)10-13-3-4-15-10/h1-5H,11-12H2. The third kappa shape index (κ3) is 1.82. The predicted octanol–water partition coefficient (Wildman–Crippen LogP) is 1.54. The fourth-order valence-corrected chi connectivity index (χ4v) is 1.77. The minimum absolute atomic E-state index is 0.128. The normalized spacial score (nSPS) is 10.1. The van der Waals surface area contributed by atoms with Gasteiger partial charge < -0.3 is 11.5 Å². The van der Waals surface area contributed by atoms with E-state index in [4.69, 9.17) is 11.5 Å². The van der Waals surface area contributed by atoms with Crippen molar-refractivity contribution in [3.8, 4) is 0 Å². The summed E-state index contributed by atoms with van der Waals surface area (Å²) in [4.78, 5) is 15.8. The molecule has 0 aliphatic heterocycles. The molecule has 4 nitrogen and oxygen atoms in total. The van der Waals surface area contributed by atoms with Crippen LogP contribution in [0, 0.1) is 0 Å². The van der Waals surface area contributed by atoms with Crippen molar-refractivity contribution in [3.05, 3.63) is 40.3 Å². The second-order valence-electron chi connectivity index (χ2n) is 3.01. The van der Waals surface area contributed by atoms with Crippen molar-refractivity contribution in [2.45, 2.75) is 0 Å². The average Bonchev–Trinajstić information content (AvgIpc) is 2.74. The van der Waals surface area contributed by atoms with Crippen molar-refractivity contribution in [2.75, 3.05) is 11.5 Å². The summed E-state index contributed by atoms with van der Waals surface area (Å²) in [7, 11) is 0. The van der Waals surface area contributed by atoms with Crippen LogP contribution in [0.4, 0.5) is 11.4 Å². The smallest absolute Gasteiger partial charge is 0.221 e. The van der Waals surface area contributed by atoms with E-state index in [1.165, 1.54) is 11.3 Å². The Morgan fingerprint density at radius 2 is 2.07 bits per heavy atom. The lowest BCUT2D eigenvalue weighted by Crippen LogP contribution is -2.03. The van der Waals surface area contributed by atoms with E-state index in [1.807, 2.05) is 0 Å². The fraction of sp³-hybridized carbons (Fsp3) is 0. The lowest BCUT2D eigenvalue weighted by molar-refractivity contribution is 0.103. The Balaban J connectivity index is 2.39. The molecule has 0 bridgehead atoms. The van der Waals surface area contributed by atoms with Crippen molar-refractivity contribution < 1.29 is 4.79 Å². The molecule has 15 heavy (non-hydrogen) atoms. The molecule has 0 saturated heterocycles. The Bertz CT molecular complexity index is 493. The number of rotatable bonds is 2. The topological polar surface area (TPSA) is 82.0 Å². The average molecular weight is 219 g/mol. The van der Waals surface area contributed by atoms with Crippen molar-refractivity contribution in [1.82, 2.24) is 4.98 Å². The third-order valence-electron chi connectivity index (χ3n) is 1.98. The van der Waals surface area contributed by atoms with Crippen LogP contribution in [0.15, 0.2) is 29.8 Å². The molecule has 1 aromatic heterocycles. The molecule has 0 atom stereocenters. The number of nitrogens with zero attached hydrogens (tertiary/aromatic N) is 1. The zero-order valence-electron chi connectivity index (χ0n) is 7.81. The number of carbonyl (C=O) groups excluding carboxylic acids is 1. The molecule has 1 heterocycles. The first kappa shape index (κ1) is 9.67. The van der Waals surface area contributed by atoms with Crippen LogP contribution in [0.1, 0.15) is 15.4 Å². The number of carbonyl (C=O) groups is 1. The zero-order valence-corrected chi connectivity index (χ0v) is 8.62. The maximum absolute atomic E-state index is 11.8. The molecule has 0 radical (unpaired) electrons. The van der Waals surface area contributed by atoms with Crippen molar-refractivity contribution in [2.24, 2.45) is 0 Å². The zero-order chi connectivity index (χ0) is 10.8. The minimum Gasteiger partial charge on any atom is -0.397 e. The van der Waals surface area contributed by atoms with E-state index in [0.717, 1.165) is 0 Å². The van der Waals surface area contributed by atoms with E-state index in [1.54, 1.807) is 29.8 Å². The van der Waals surface area contributed by atoms with Gasteiger partial charge in [-0.05, 0) is 18.2 Å². The van der Waals surface area contributed by atoms with Crippen LogP contribution in [-0.4, -0.2) is 10.8 Å². The Hall–Kier alpha value is -1.88. The van der Waals surface area contributed by atoms with E-state index in [0.29, 0.717) is 21.9 Å². The van der Waals surface area contributed by atoms with E-state index < -0.39 is 0 Å². The highest BCUT2D eigenvalue weighted by atomic mass is 32.1. The summed E-state index contributed by atoms with van der Waals surface area (Å²) in [5.74, 6) is -0.128. The molecule has 0 aliphatic rings. The van der Waals surface area contributed by atoms with Gasteiger partial charge in [0.15, 0.2) is 5.01 Å². The third-order valence-corrected chi connectivity index (χ3v) is 2.75. The largest absolute Gasteiger partial charge is 0.397 e. The van der Waals surface area contributed by atoms with E-state index in [-0.39, 0.29) is 5.78 Å². The molecule has 5 heteroatoms. The summed E-state index contributed by atoms with van der Waals surface area (Å²) < 4.78 is 0. The molecular formula is C10H9N3OS. The molecule has 0 fully saturated rings. The molecule has 0 amide bonds. The van der Waals surface area contributed by atoms with E-state index in [2.05, 4.69) is 4.98 Å². The quantitative estimate of drug-likeness (QED) is 0.593. The number of thiazole rings is 1. The predicted molar refractivity (Wildman–Crippen MR) is 60.8 cm³/mol.